The van der Waals surface area contributed by atoms with E-state index in [0.717, 1.165) is 23.2 Å². The number of alkyl halides is 5. The summed E-state index contributed by atoms with van der Waals surface area (Å²) >= 11 is 5.36. The van der Waals surface area contributed by atoms with E-state index in [1.807, 2.05) is 0 Å². The number of halogens is 5. The number of nitrogens with zero attached hydrogens (tertiary/aromatic N) is 4. The predicted octanol–water partition coefficient (Wildman–Crippen LogP) is 4.49. The molecule has 31 heavy (non-hydrogen) atoms. The number of carbonyl (C=O) groups is 1. The van der Waals surface area contributed by atoms with Gasteiger partial charge in [-0.15, -0.1) is 0 Å². The average Bonchev–Trinajstić information content (AvgIpc) is 2.85. The minimum Gasteiger partial charge on any atom is -0.417 e. The SMILES string of the molecule is CC1(C)C(=O)N(c2ccc(C#N)c(C(F)(F)F)c2)C(=S)N1c1ccc(OC(F)F)nc1. The highest BCUT2D eigenvalue weighted by molar-refractivity contribution is 7.81. The van der Waals surface area contributed by atoms with Crippen LogP contribution in [-0.4, -0.2) is 28.2 Å². The van der Waals surface area contributed by atoms with E-state index < -0.39 is 35.4 Å². The van der Waals surface area contributed by atoms with Gasteiger partial charge in [0, 0.05) is 6.07 Å². The van der Waals surface area contributed by atoms with Crippen molar-refractivity contribution in [2.24, 2.45) is 0 Å². The highest BCUT2D eigenvalue weighted by atomic mass is 32.1. The number of carbonyl (C=O) groups excluding carboxylic acids is 1. The number of benzene rings is 1. The lowest BCUT2D eigenvalue weighted by Crippen LogP contribution is -2.44. The molecule has 1 aromatic carbocycles. The van der Waals surface area contributed by atoms with E-state index in [1.54, 1.807) is 0 Å². The van der Waals surface area contributed by atoms with E-state index in [4.69, 9.17) is 17.5 Å². The van der Waals surface area contributed by atoms with E-state index in [1.165, 1.54) is 36.9 Å². The molecule has 0 radical (unpaired) electrons. The van der Waals surface area contributed by atoms with Crippen LogP contribution in [0.1, 0.15) is 25.0 Å². The Morgan fingerprint density at radius 1 is 1.19 bits per heavy atom. The Kier molecular flexibility index (Phi) is 5.58. The second-order valence-electron chi connectivity index (χ2n) is 6.89. The number of rotatable bonds is 4. The summed E-state index contributed by atoms with van der Waals surface area (Å²) in [7, 11) is 0. The van der Waals surface area contributed by atoms with Crippen molar-refractivity contribution in [1.29, 1.82) is 5.26 Å². The molecule has 12 heteroatoms. The molecule has 1 aliphatic rings. The number of ether oxygens (including phenoxy) is 1. The molecular formula is C19H13F5N4O2S. The molecule has 2 heterocycles. The van der Waals surface area contributed by atoms with E-state index in [9.17, 15) is 26.7 Å². The molecule has 1 fully saturated rings. The number of nitriles is 1. The first-order valence-electron chi connectivity index (χ1n) is 8.59. The number of pyridine rings is 1. The highest BCUT2D eigenvalue weighted by Crippen LogP contribution is 2.39. The molecule has 1 aromatic heterocycles. The molecule has 162 valence electrons. The van der Waals surface area contributed by atoms with Gasteiger partial charge < -0.3 is 9.64 Å². The largest absolute Gasteiger partial charge is 0.417 e. The van der Waals surface area contributed by atoms with Gasteiger partial charge in [0.2, 0.25) is 5.88 Å². The van der Waals surface area contributed by atoms with Crippen LogP contribution in [0.4, 0.5) is 33.3 Å². The Morgan fingerprint density at radius 3 is 2.35 bits per heavy atom. The molecule has 2 aromatic rings. The summed E-state index contributed by atoms with van der Waals surface area (Å²) in [5.41, 5.74) is -3.03. The van der Waals surface area contributed by atoms with Crippen LogP contribution in [0.25, 0.3) is 0 Å². The Hall–Kier alpha value is -3.33. The lowest BCUT2D eigenvalue weighted by atomic mass is 10.0. The summed E-state index contributed by atoms with van der Waals surface area (Å²) in [6.45, 7) is -0.0714. The summed E-state index contributed by atoms with van der Waals surface area (Å²) in [6, 6.07) is 6.79. The zero-order chi connectivity index (χ0) is 23.1. The molecule has 0 N–H and O–H groups in total. The summed E-state index contributed by atoms with van der Waals surface area (Å²) in [5.74, 6) is -0.977. The van der Waals surface area contributed by atoms with Crippen LogP contribution in [-0.2, 0) is 11.0 Å². The normalized spacial score (nSPS) is 16.1. The monoisotopic (exact) mass is 456 g/mol. The maximum absolute atomic E-state index is 13.3. The lowest BCUT2D eigenvalue weighted by Gasteiger charge is -2.29. The molecular weight excluding hydrogens is 443 g/mol. The van der Waals surface area contributed by atoms with Gasteiger partial charge in [0.25, 0.3) is 5.91 Å². The van der Waals surface area contributed by atoms with Gasteiger partial charge in [-0.2, -0.15) is 27.2 Å². The number of hydrogen-bond donors (Lipinski definition) is 0. The minimum atomic E-state index is -4.81. The molecule has 0 aliphatic carbocycles. The Balaban J connectivity index is 2.03. The summed E-state index contributed by atoms with van der Waals surface area (Å²) in [5, 5.41) is 8.82. The highest BCUT2D eigenvalue weighted by Gasteiger charge is 2.50. The van der Waals surface area contributed by atoms with Gasteiger partial charge in [0.05, 0.1) is 34.8 Å². The van der Waals surface area contributed by atoms with Gasteiger partial charge in [-0.05, 0) is 50.3 Å². The second-order valence-corrected chi connectivity index (χ2v) is 7.26. The van der Waals surface area contributed by atoms with Gasteiger partial charge in [0.15, 0.2) is 5.11 Å². The van der Waals surface area contributed by atoms with Crippen LogP contribution in [0.3, 0.4) is 0 Å². The molecule has 0 saturated carbocycles. The second kappa shape index (κ2) is 7.73. The smallest absolute Gasteiger partial charge is 0.417 e. The fourth-order valence-electron chi connectivity index (χ4n) is 3.13. The average molecular weight is 456 g/mol. The number of hydrogen-bond acceptors (Lipinski definition) is 5. The van der Waals surface area contributed by atoms with Gasteiger partial charge in [-0.1, -0.05) is 0 Å². The van der Waals surface area contributed by atoms with Crippen molar-refractivity contribution in [3.63, 3.8) is 0 Å². The molecule has 0 atom stereocenters. The van der Waals surface area contributed by atoms with E-state index in [-0.39, 0.29) is 22.4 Å². The number of thiocarbonyl (C=S) groups is 1. The van der Waals surface area contributed by atoms with Gasteiger partial charge in [-0.3, -0.25) is 9.69 Å². The number of amides is 1. The molecule has 0 unspecified atom stereocenters. The molecule has 1 amide bonds. The fraction of sp³-hybridized carbons (Fsp3) is 0.263. The standard InChI is InChI=1S/C19H13F5N4O2S/c1-18(2)15(29)27(11-4-3-10(8-25)13(7-11)19(22,23)24)17(31)28(18)12-5-6-14(26-9-12)30-16(20)21/h3-7,9,16H,1-2H3. The van der Waals surface area contributed by atoms with Crippen molar-refractivity contribution in [2.45, 2.75) is 32.2 Å². The van der Waals surface area contributed by atoms with Crippen molar-refractivity contribution in [3.8, 4) is 11.9 Å². The molecule has 3 rings (SSSR count). The summed E-state index contributed by atoms with van der Waals surface area (Å²) in [6.07, 6.45) is -3.66. The Labute approximate surface area is 178 Å². The fourth-order valence-corrected chi connectivity index (χ4v) is 3.65. The van der Waals surface area contributed by atoms with Crippen molar-refractivity contribution in [1.82, 2.24) is 4.98 Å². The van der Waals surface area contributed by atoms with Gasteiger partial charge in [-0.25, -0.2) is 4.98 Å². The lowest BCUT2D eigenvalue weighted by molar-refractivity contribution is -0.137. The Morgan fingerprint density at radius 2 is 1.84 bits per heavy atom. The minimum absolute atomic E-state index is 0.142. The molecule has 1 saturated heterocycles. The van der Waals surface area contributed by atoms with Crippen LogP contribution < -0.4 is 14.5 Å². The van der Waals surface area contributed by atoms with Crippen molar-refractivity contribution >= 4 is 34.6 Å². The van der Waals surface area contributed by atoms with Crippen LogP contribution >= 0.6 is 12.2 Å². The van der Waals surface area contributed by atoms with Crippen molar-refractivity contribution in [3.05, 3.63) is 47.7 Å². The number of anilines is 2. The van der Waals surface area contributed by atoms with E-state index in [2.05, 4.69) is 9.72 Å². The van der Waals surface area contributed by atoms with E-state index in [0.29, 0.717) is 6.07 Å². The first-order chi connectivity index (χ1) is 14.4. The molecule has 0 bridgehead atoms. The third-order valence-electron chi connectivity index (χ3n) is 4.54. The molecule has 0 spiro atoms. The predicted molar refractivity (Wildman–Crippen MR) is 104 cm³/mol. The first-order valence-corrected chi connectivity index (χ1v) is 8.99. The van der Waals surface area contributed by atoms with Gasteiger partial charge >= 0.3 is 12.8 Å². The maximum Gasteiger partial charge on any atom is 0.417 e. The third kappa shape index (κ3) is 4.00. The quantitative estimate of drug-likeness (QED) is 0.499. The van der Waals surface area contributed by atoms with Crippen LogP contribution in [0, 0.1) is 11.3 Å². The van der Waals surface area contributed by atoms with Crippen molar-refractivity contribution in [2.75, 3.05) is 9.80 Å². The van der Waals surface area contributed by atoms with Crippen molar-refractivity contribution < 1.29 is 31.5 Å². The third-order valence-corrected chi connectivity index (χ3v) is 4.91. The topological polar surface area (TPSA) is 69.5 Å². The van der Waals surface area contributed by atoms with Crippen LogP contribution in [0.2, 0.25) is 0 Å². The zero-order valence-corrected chi connectivity index (χ0v) is 16.8. The maximum atomic E-state index is 13.3. The summed E-state index contributed by atoms with van der Waals surface area (Å²) < 4.78 is 68.9. The zero-order valence-electron chi connectivity index (χ0n) is 15.9. The summed E-state index contributed by atoms with van der Waals surface area (Å²) in [4.78, 5) is 19.1. The van der Waals surface area contributed by atoms with E-state index >= 15 is 0 Å². The Bertz CT molecular complexity index is 1080. The van der Waals surface area contributed by atoms with Gasteiger partial charge in [0.1, 0.15) is 5.54 Å². The molecule has 1 aliphatic heterocycles. The number of aromatic nitrogens is 1. The van der Waals surface area contributed by atoms with Crippen LogP contribution in [0.15, 0.2) is 36.5 Å². The van der Waals surface area contributed by atoms with Crippen LogP contribution in [0.5, 0.6) is 5.88 Å². The molecule has 6 nitrogen and oxygen atoms in total. The first kappa shape index (κ1) is 22.4.